The van der Waals surface area contributed by atoms with Crippen LogP contribution in [0.4, 0.5) is 0 Å². The summed E-state index contributed by atoms with van der Waals surface area (Å²) in [4.78, 5) is 9.60. The van der Waals surface area contributed by atoms with Crippen LogP contribution >= 0.6 is 0 Å². The lowest BCUT2D eigenvalue weighted by atomic mass is 10.3. The molecular weight excluding hydrogens is 220 g/mol. The fraction of sp³-hybridized carbons (Fsp3) is 0.308. The second-order valence-electron chi connectivity index (χ2n) is 3.56. The number of epoxide rings is 1. The van der Waals surface area contributed by atoms with Crippen LogP contribution in [0.25, 0.3) is 0 Å². The summed E-state index contributed by atoms with van der Waals surface area (Å²) in [6, 6.07) is 8.71. The van der Waals surface area contributed by atoms with Crippen LogP contribution in [0.15, 0.2) is 42.5 Å². The van der Waals surface area contributed by atoms with Crippen molar-refractivity contribution >= 4 is 5.97 Å². The van der Waals surface area contributed by atoms with Crippen LogP contribution in [0.2, 0.25) is 0 Å². The number of hydrogen-bond donors (Lipinski definition) is 2. The Labute approximate surface area is 101 Å². The first-order valence-corrected chi connectivity index (χ1v) is 5.18. The van der Waals surface area contributed by atoms with Gasteiger partial charge in [-0.3, -0.25) is 0 Å². The molecular formula is C13H18O4. The minimum absolute atomic E-state index is 0.176. The highest BCUT2D eigenvalue weighted by Gasteiger charge is 2.13. The third-order valence-electron chi connectivity index (χ3n) is 1.62. The second-order valence-corrected chi connectivity index (χ2v) is 3.56. The summed E-state index contributed by atoms with van der Waals surface area (Å²) >= 11 is 0. The normalized spacial score (nSPS) is 15.5. The van der Waals surface area contributed by atoms with Gasteiger partial charge in [0.1, 0.15) is 5.75 Å². The minimum Gasteiger partial charge on any atom is -0.508 e. The molecule has 1 aliphatic heterocycles. The number of hydrogen-bond acceptors (Lipinski definition) is 3. The fourth-order valence-corrected chi connectivity index (χ4v) is 0.524. The van der Waals surface area contributed by atoms with Crippen molar-refractivity contribution in [2.45, 2.75) is 20.0 Å². The molecule has 1 aromatic rings. The van der Waals surface area contributed by atoms with E-state index in [1.54, 1.807) is 24.3 Å². The van der Waals surface area contributed by atoms with Crippen LogP contribution in [0.3, 0.4) is 0 Å². The number of benzene rings is 1. The standard InChI is InChI=1S/C6H6O.C4H6O2.C3H6O/c7-6-4-2-1-3-5-6;1-3(2)4(5)6;1-3-2-4-3/h1-5,7H;1H2,2H3,(H,5,6);3H,2H2,1H3. The largest absolute Gasteiger partial charge is 0.508 e. The number of rotatable bonds is 1. The molecule has 0 aliphatic carbocycles. The molecule has 1 saturated heterocycles. The number of phenolic OH excluding ortho intramolecular Hbond substituents is 1. The van der Waals surface area contributed by atoms with E-state index in [1.165, 1.54) is 6.92 Å². The molecule has 0 bridgehead atoms. The lowest BCUT2D eigenvalue weighted by Gasteiger charge is -1.82. The summed E-state index contributed by atoms with van der Waals surface area (Å²) in [6.07, 6.45) is 0.583. The Hall–Kier alpha value is -1.81. The van der Waals surface area contributed by atoms with E-state index >= 15 is 0 Å². The second kappa shape index (κ2) is 8.35. The van der Waals surface area contributed by atoms with E-state index in [0.29, 0.717) is 11.9 Å². The van der Waals surface area contributed by atoms with Crippen molar-refractivity contribution in [1.82, 2.24) is 0 Å². The Morgan fingerprint density at radius 2 is 1.76 bits per heavy atom. The maximum absolute atomic E-state index is 9.60. The molecule has 0 spiro atoms. The average molecular weight is 238 g/mol. The van der Waals surface area contributed by atoms with Crippen molar-refractivity contribution in [3.63, 3.8) is 0 Å². The van der Waals surface area contributed by atoms with Crippen molar-refractivity contribution in [3.8, 4) is 5.75 Å². The van der Waals surface area contributed by atoms with Crippen LogP contribution in [0, 0.1) is 0 Å². The number of carboxylic acids is 1. The number of phenols is 1. The zero-order valence-electron chi connectivity index (χ0n) is 10.1. The Balaban J connectivity index is 0.000000234. The van der Waals surface area contributed by atoms with E-state index in [0.717, 1.165) is 6.61 Å². The third kappa shape index (κ3) is 12.1. The maximum Gasteiger partial charge on any atom is 0.330 e. The molecule has 4 heteroatoms. The molecule has 94 valence electrons. The number of carbonyl (C=O) groups is 1. The van der Waals surface area contributed by atoms with Gasteiger partial charge in [0.25, 0.3) is 0 Å². The first-order chi connectivity index (χ1) is 7.93. The highest BCUT2D eigenvalue weighted by Crippen LogP contribution is 2.04. The molecule has 0 saturated carbocycles. The topological polar surface area (TPSA) is 70.1 Å². The lowest BCUT2D eigenvalue weighted by molar-refractivity contribution is -0.132. The van der Waals surface area contributed by atoms with Crippen molar-refractivity contribution in [2.75, 3.05) is 6.61 Å². The Morgan fingerprint density at radius 1 is 1.41 bits per heavy atom. The monoisotopic (exact) mass is 238 g/mol. The predicted molar refractivity (Wildman–Crippen MR) is 66.0 cm³/mol. The smallest absolute Gasteiger partial charge is 0.330 e. The van der Waals surface area contributed by atoms with E-state index in [1.807, 2.05) is 6.07 Å². The maximum atomic E-state index is 9.60. The minimum atomic E-state index is -0.935. The van der Waals surface area contributed by atoms with Crippen molar-refractivity contribution in [1.29, 1.82) is 0 Å². The SMILES string of the molecule is C=C(C)C(=O)O.CC1CO1.Oc1ccccc1. The average Bonchev–Trinajstić information content (AvgIpc) is 3.03. The molecule has 4 nitrogen and oxygen atoms in total. The van der Waals surface area contributed by atoms with E-state index in [-0.39, 0.29) is 5.57 Å². The third-order valence-corrected chi connectivity index (χ3v) is 1.62. The molecule has 1 fully saturated rings. The molecule has 17 heavy (non-hydrogen) atoms. The number of carboxylic acid groups (broad SMARTS) is 1. The highest BCUT2D eigenvalue weighted by molar-refractivity contribution is 5.84. The molecule has 2 N–H and O–H groups in total. The van der Waals surface area contributed by atoms with E-state index in [2.05, 4.69) is 13.5 Å². The molecule has 0 radical (unpaired) electrons. The van der Waals surface area contributed by atoms with Crippen LogP contribution in [0.1, 0.15) is 13.8 Å². The van der Waals surface area contributed by atoms with Gasteiger partial charge >= 0.3 is 5.97 Å². The summed E-state index contributed by atoms with van der Waals surface area (Å²) in [5, 5.41) is 16.5. The quantitative estimate of drug-likeness (QED) is 0.582. The summed E-state index contributed by atoms with van der Waals surface area (Å²) in [5.41, 5.74) is 0.176. The van der Waals surface area contributed by atoms with Crippen LogP contribution in [-0.4, -0.2) is 28.9 Å². The van der Waals surface area contributed by atoms with Gasteiger partial charge in [-0.25, -0.2) is 4.79 Å². The number of aliphatic carboxylic acids is 1. The molecule has 0 amide bonds. The van der Waals surface area contributed by atoms with Crippen molar-refractivity contribution < 1.29 is 19.7 Å². The molecule has 1 heterocycles. The molecule has 1 unspecified atom stereocenters. The highest BCUT2D eigenvalue weighted by atomic mass is 16.6. The zero-order valence-corrected chi connectivity index (χ0v) is 10.1. The van der Waals surface area contributed by atoms with Gasteiger partial charge in [-0.1, -0.05) is 24.8 Å². The van der Waals surface area contributed by atoms with Crippen molar-refractivity contribution in [2.24, 2.45) is 0 Å². The van der Waals surface area contributed by atoms with Gasteiger partial charge in [-0.05, 0) is 26.0 Å². The van der Waals surface area contributed by atoms with Gasteiger partial charge < -0.3 is 14.9 Å². The molecule has 1 aromatic carbocycles. The number of para-hydroxylation sites is 1. The van der Waals surface area contributed by atoms with E-state index in [4.69, 9.17) is 14.9 Å². The first-order valence-electron chi connectivity index (χ1n) is 5.18. The predicted octanol–water partition coefficient (Wildman–Crippen LogP) is 2.44. The molecule has 1 aliphatic rings. The van der Waals surface area contributed by atoms with Crippen LogP contribution in [0.5, 0.6) is 5.75 Å². The van der Waals surface area contributed by atoms with Crippen molar-refractivity contribution in [3.05, 3.63) is 42.5 Å². The molecule has 1 atom stereocenters. The lowest BCUT2D eigenvalue weighted by Crippen LogP contribution is -1.92. The first kappa shape index (κ1) is 15.2. The fourth-order valence-electron chi connectivity index (χ4n) is 0.524. The summed E-state index contributed by atoms with van der Waals surface area (Å²) in [7, 11) is 0. The van der Waals surface area contributed by atoms with Gasteiger partial charge in [-0.2, -0.15) is 0 Å². The van der Waals surface area contributed by atoms with Crippen LogP contribution < -0.4 is 0 Å². The number of ether oxygens (including phenoxy) is 1. The Morgan fingerprint density at radius 3 is 1.88 bits per heavy atom. The van der Waals surface area contributed by atoms with E-state index in [9.17, 15) is 4.79 Å². The summed E-state index contributed by atoms with van der Waals surface area (Å²) in [5.74, 6) is -0.613. The molecule has 0 aromatic heterocycles. The van der Waals surface area contributed by atoms with Gasteiger partial charge in [0, 0.05) is 5.57 Å². The van der Waals surface area contributed by atoms with Gasteiger partial charge in [0.05, 0.1) is 12.7 Å². The van der Waals surface area contributed by atoms with Gasteiger partial charge in [0.2, 0.25) is 0 Å². The summed E-state index contributed by atoms with van der Waals surface area (Å²) < 4.78 is 4.71. The Kier molecular flexibility index (Phi) is 7.46. The summed E-state index contributed by atoms with van der Waals surface area (Å²) in [6.45, 7) is 7.64. The van der Waals surface area contributed by atoms with Gasteiger partial charge in [-0.15, -0.1) is 0 Å². The zero-order chi connectivity index (χ0) is 13.3. The number of aromatic hydroxyl groups is 1. The Bertz CT molecular complexity index is 330. The molecule has 2 rings (SSSR count). The van der Waals surface area contributed by atoms with E-state index < -0.39 is 5.97 Å². The van der Waals surface area contributed by atoms with Crippen LogP contribution in [-0.2, 0) is 9.53 Å². The van der Waals surface area contributed by atoms with Gasteiger partial charge in [0.15, 0.2) is 0 Å².